The molecule has 0 aliphatic carbocycles. The van der Waals surface area contributed by atoms with Crippen molar-refractivity contribution in [2.24, 2.45) is 0 Å². The first-order chi connectivity index (χ1) is 18.5. The van der Waals surface area contributed by atoms with Crippen LogP contribution in [0.2, 0.25) is 0 Å². The van der Waals surface area contributed by atoms with Crippen LogP contribution in [0.3, 0.4) is 0 Å². The number of aryl methyl sites for hydroxylation is 1. The molecular formula is C30H41N3O7. The number of hydrogen-bond acceptors (Lipinski definition) is 7. The standard InChI is InChI=1S/C30H41N3O7/c1-19-11-9-10-12-22(19)25(26(36)31-18-24(35)39-8)33(29(2,3)4)27(37)23(32-28(38)40-30(5,6)7)17-20-13-15-21(34)16-14-20/h9-16,23,25,34H,17-18H2,1-8H3,(H,31,36)(H,32,38). The Kier molecular flexibility index (Phi) is 10.7. The zero-order valence-corrected chi connectivity index (χ0v) is 24.5. The van der Waals surface area contributed by atoms with Gasteiger partial charge in [0.25, 0.3) is 0 Å². The molecule has 0 aromatic heterocycles. The van der Waals surface area contributed by atoms with Crippen LogP contribution in [0.4, 0.5) is 4.79 Å². The van der Waals surface area contributed by atoms with Crippen LogP contribution in [0.25, 0.3) is 0 Å². The molecule has 0 bridgehead atoms. The van der Waals surface area contributed by atoms with Gasteiger partial charge >= 0.3 is 12.1 Å². The Bertz CT molecular complexity index is 1200. The van der Waals surface area contributed by atoms with Crippen molar-refractivity contribution in [3.63, 3.8) is 0 Å². The smallest absolute Gasteiger partial charge is 0.408 e. The molecule has 3 N–H and O–H groups in total. The normalized spacial score (nSPS) is 13.0. The molecule has 2 aromatic rings. The summed E-state index contributed by atoms with van der Waals surface area (Å²) in [5, 5.41) is 15.0. The minimum Gasteiger partial charge on any atom is -0.508 e. The third-order valence-electron chi connectivity index (χ3n) is 5.95. The van der Waals surface area contributed by atoms with Crippen LogP contribution in [0.1, 0.15) is 64.3 Å². The van der Waals surface area contributed by atoms with E-state index in [1.54, 1.807) is 65.8 Å². The Morgan fingerprint density at radius 1 is 0.950 bits per heavy atom. The van der Waals surface area contributed by atoms with Crippen LogP contribution < -0.4 is 10.6 Å². The molecule has 2 atom stereocenters. The number of amides is 3. The van der Waals surface area contributed by atoms with E-state index < -0.39 is 47.1 Å². The molecule has 10 heteroatoms. The average molecular weight is 556 g/mol. The number of ether oxygens (including phenoxy) is 2. The Labute approximate surface area is 236 Å². The van der Waals surface area contributed by atoms with E-state index in [-0.39, 0.29) is 18.7 Å². The first-order valence-electron chi connectivity index (χ1n) is 13.0. The number of carbonyl (C=O) groups excluding carboxylic acids is 4. The molecule has 2 unspecified atom stereocenters. The van der Waals surface area contributed by atoms with Crippen LogP contribution in [0.15, 0.2) is 48.5 Å². The lowest BCUT2D eigenvalue weighted by Crippen LogP contribution is -2.59. The second-order valence-electron chi connectivity index (χ2n) is 11.5. The Balaban J connectivity index is 2.61. The SMILES string of the molecule is COC(=O)CNC(=O)C(c1ccccc1C)N(C(=O)C(Cc1ccc(O)cc1)NC(=O)OC(C)(C)C)C(C)(C)C. The summed E-state index contributed by atoms with van der Waals surface area (Å²) in [6.07, 6.45) is -0.726. The first-order valence-corrected chi connectivity index (χ1v) is 13.0. The van der Waals surface area contributed by atoms with Gasteiger partial charge in [0.1, 0.15) is 30.0 Å². The fourth-order valence-electron chi connectivity index (χ4n) is 4.15. The summed E-state index contributed by atoms with van der Waals surface area (Å²) in [4.78, 5) is 54.2. The molecule has 0 radical (unpaired) electrons. The average Bonchev–Trinajstić information content (AvgIpc) is 2.84. The number of alkyl carbamates (subject to hydrolysis) is 1. The van der Waals surface area contributed by atoms with Crippen LogP contribution in [0.5, 0.6) is 5.75 Å². The summed E-state index contributed by atoms with van der Waals surface area (Å²) in [6.45, 7) is 11.9. The van der Waals surface area contributed by atoms with E-state index in [1.165, 1.54) is 24.1 Å². The molecule has 0 saturated carbocycles. The van der Waals surface area contributed by atoms with Crippen LogP contribution in [0, 0.1) is 6.92 Å². The Morgan fingerprint density at radius 2 is 1.55 bits per heavy atom. The van der Waals surface area contributed by atoms with Crippen LogP contribution >= 0.6 is 0 Å². The highest BCUT2D eigenvalue weighted by atomic mass is 16.6. The number of hydrogen-bond donors (Lipinski definition) is 3. The second-order valence-corrected chi connectivity index (χ2v) is 11.5. The predicted molar refractivity (Wildman–Crippen MR) is 151 cm³/mol. The molecule has 2 aromatic carbocycles. The molecule has 10 nitrogen and oxygen atoms in total. The first kappa shape index (κ1) is 32.1. The number of nitrogens with one attached hydrogen (secondary N) is 2. The van der Waals surface area contributed by atoms with Gasteiger partial charge in [0.05, 0.1) is 7.11 Å². The topological polar surface area (TPSA) is 134 Å². The van der Waals surface area contributed by atoms with Crippen molar-refractivity contribution in [1.29, 1.82) is 0 Å². The van der Waals surface area contributed by atoms with Crippen LogP contribution in [-0.4, -0.2) is 64.7 Å². The van der Waals surface area contributed by atoms with Crippen molar-refractivity contribution in [1.82, 2.24) is 15.5 Å². The van der Waals surface area contributed by atoms with Crippen molar-refractivity contribution in [2.45, 2.75) is 78.1 Å². The van der Waals surface area contributed by atoms with Gasteiger partial charge in [-0.05, 0) is 77.3 Å². The monoisotopic (exact) mass is 555 g/mol. The van der Waals surface area contributed by atoms with Gasteiger partial charge in [0, 0.05) is 12.0 Å². The highest BCUT2D eigenvalue weighted by Gasteiger charge is 2.42. The maximum absolute atomic E-state index is 14.4. The fourth-order valence-corrected chi connectivity index (χ4v) is 4.15. The largest absolute Gasteiger partial charge is 0.508 e. The number of carbonyl (C=O) groups is 4. The van der Waals surface area contributed by atoms with Gasteiger partial charge in [-0.3, -0.25) is 14.4 Å². The molecule has 0 aliphatic heterocycles. The lowest BCUT2D eigenvalue weighted by atomic mass is 9.92. The summed E-state index contributed by atoms with van der Waals surface area (Å²) in [7, 11) is 1.22. The third kappa shape index (κ3) is 9.29. The summed E-state index contributed by atoms with van der Waals surface area (Å²) >= 11 is 0. The lowest BCUT2D eigenvalue weighted by molar-refractivity contribution is -0.149. The van der Waals surface area contributed by atoms with Gasteiger partial charge in [-0.1, -0.05) is 36.4 Å². The van der Waals surface area contributed by atoms with Gasteiger partial charge < -0.3 is 30.1 Å². The molecule has 2 rings (SSSR count). The van der Waals surface area contributed by atoms with Crippen molar-refractivity contribution >= 4 is 23.9 Å². The second kappa shape index (κ2) is 13.3. The van der Waals surface area contributed by atoms with Gasteiger partial charge in [-0.2, -0.15) is 0 Å². The highest BCUT2D eigenvalue weighted by molar-refractivity contribution is 5.94. The molecular weight excluding hydrogens is 514 g/mol. The van der Waals surface area contributed by atoms with Crippen molar-refractivity contribution < 1.29 is 33.8 Å². The van der Waals surface area contributed by atoms with Gasteiger partial charge in [-0.15, -0.1) is 0 Å². The quantitative estimate of drug-likeness (QED) is 0.401. The van der Waals surface area contributed by atoms with E-state index in [1.807, 2.05) is 19.1 Å². The molecule has 0 fully saturated rings. The van der Waals surface area contributed by atoms with Crippen LogP contribution in [-0.2, 0) is 30.3 Å². The number of rotatable bonds is 9. The van der Waals surface area contributed by atoms with Gasteiger partial charge in [0.15, 0.2) is 0 Å². The molecule has 40 heavy (non-hydrogen) atoms. The fraction of sp³-hybridized carbons (Fsp3) is 0.467. The number of methoxy groups -OCH3 is 1. The minimum atomic E-state index is -1.14. The predicted octanol–water partition coefficient (Wildman–Crippen LogP) is 3.79. The summed E-state index contributed by atoms with van der Waals surface area (Å²) in [5.41, 5.74) is 0.280. The highest BCUT2D eigenvalue weighted by Crippen LogP contribution is 2.32. The summed E-state index contributed by atoms with van der Waals surface area (Å²) in [5.74, 6) is -1.69. The van der Waals surface area contributed by atoms with Crippen molar-refractivity contribution in [3.05, 3.63) is 65.2 Å². The number of phenolic OH excluding ortho intramolecular Hbond substituents is 1. The van der Waals surface area contributed by atoms with Crippen molar-refractivity contribution in [2.75, 3.05) is 13.7 Å². The number of phenols is 1. The maximum Gasteiger partial charge on any atom is 0.408 e. The van der Waals surface area contributed by atoms with E-state index in [4.69, 9.17) is 4.74 Å². The Hall–Kier alpha value is -4.08. The maximum atomic E-state index is 14.4. The zero-order valence-electron chi connectivity index (χ0n) is 24.5. The minimum absolute atomic E-state index is 0.0601. The zero-order chi connectivity index (χ0) is 30.3. The van der Waals surface area contributed by atoms with Gasteiger partial charge in [-0.25, -0.2) is 4.79 Å². The summed E-state index contributed by atoms with van der Waals surface area (Å²) < 4.78 is 10.1. The third-order valence-corrected chi connectivity index (χ3v) is 5.95. The lowest BCUT2D eigenvalue weighted by Gasteiger charge is -2.43. The molecule has 0 spiro atoms. The van der Waals surface area contributed by atoms with E-state index in [2.05, 4.69) is 15.4 Å². The molecule has 218 valence electrons. The number of nitrogens with zero attached hydrogens (tertiary/aromatic N) is 1. The van der Waals surface area contributed by atoms with Gasteiger partial charge in [0.2, 0.25) is 11.8 Å². The number of aromatic hydroxyl groups is 1. The number of esters is 1. The van der Waals surface area contributed by atoms with E-state index in [9.17, 15) is 24.3 Å². The van der Waals surface area contributed by atoms with Crippen molar-refractivity contribution in [3.8, 4) is 5.75 Å². The Morgan fingerprint density at radius 3 is 2.08 bits per heavy atom. The van der Waals surface area contributed by atoms with E-state index >= 15 is 0 Å². The number of benzene rings is 2. The molecule has 3 amide bonds. The molecule has 0 heterocycles. The summed E-state index contributed by atoms with van der Waals surface area (Å²) in [6, 6.07) is 11.2. The van der Waals surface area contributed by atoms with E-state index in [0.29, 0.717) is 11.1 Å². The molecule has 0 aliphatic rings. The van der Waals surface area contributed by atoms with E-state index in [0.717, 1.165) is 5.56 Å². The molecule has 0 saturated heterocycles.